The van der Waals surface area contributed by atoms with Crippen molar-refractivity contribution < 1.29 is 8.42 Å². The van der Waals surface area contributed by atoms with E-state index in [2.05, 4.69) is 5.10 Å². The molecule has 0 aliphatic carbocycles. The summed E-state index contributed by atoms with van der Waals surface area (Å²) in [6.45, 7) is 0. The van der Waals surface area contributed by atoms with Gasteiger partial charge in [-0.3, -0.25) is 0 Å². The van der Waals surface area contributed by atoms with E-state index in [1.165, 1.54) is 6.26 Å². The van der Waals surface area contributed by atoms with E-state index >= 15 is 0 Å². The minimum Gasteiger partial charge on any atom is -0.323 e. The summed E-state index contributed by atoms with van der Waals surface area (Å²) in [5.74, 6) is -0.0759. The largest absolute Gasteiger partial charge is 0.323 e. The third kappa shape index (κ3) is 3.18. The molecule has 5 nitrogen and oxygen atoms in total. The normalized spacial score (nSPS) is 13.4. The van der Waals surface area contributed by atoms with Crippen LogP contribution in [0.25, 0.3) is 5.69 Å². The summed E-state index contributed by atoms with van der Waals surface area (Å²) in [6.07, 6.45) is 4.53. The maximum absolute atomic E-state index is 11.2. The predicted octanol–water partition coefficient (Wildman–Crippen LogP) is 0.917. The third-order valence-corrected chi connectivity index (χ3v) is 3.50. The van der Waals surface area contributed by atoms with Crippen molar-refractivity contribution in [2.24, 2.45) is 5.73 Å². The van der Waals surface area contributed by atoms with Crippen LogP contribution in [0, 0.1) is 0 Å². The molecule has 0 fully saturated rings. The zero-order valence-corrected chi connectivity index (χ0v) is 10.8. The molecule has 1 atom stereocenters. The minimum atomic E-state index is -3.09. The zero-order chi connectivity index (χ0) is 13.2. The first kappa shape index (κ1) is 12.8. The van der Waals surface area contributed by atoms with Gasteiger partial charge in [0.25, 0.3) is 0 Å². The van der Waals surface area contributed by atoms with Crippen LogP contribution in [0.5, 0.6) is 0 Å². The SMILES string of the molecule is CS(=O)(=O)CC(N)c1cnn(-c2ccccc2)c1. The molecule has 0 saturated heterocycles. The molecule has 1 unspecified atom stereocenters. The Balaban J connectivity index is 2.21. The van der Waals surface area contributed by atoms with Gasteiger partial charge in [0.05, 0.1) is 17.6 Å². The van der Waals surface area contributed by atoms with E-state index in [1.807, 2.05) is 30.3 Å². The molecule has 2 rings (SSSR count). The molecule has 1 heterocycles. The first-order valence-electron chi connectivity index (χ1n) is 5.49. The van der Waals surface area contributed by atoms with Crippen LogP contribution in [-0.2, 0) is 9.84 Å². The smallest absolute Gasteiger partial charge is 0.149 e. The summed E-state index contributed by atoms with van der Waals surface area (Å²) in [4.78, 5) is 0. The highest BCUT2D eigenvalue weighted by atomic mass is 32.2. The molecular weight excluding hydrogens is 250 g/mol. The predicted molar refractivity (Wildman–Crippen MR) is 70.2 cm³/mol. The van der Waals surface area contributed by atoms with Gasteiger partial charge in [0, 0.05) is 24.1 Å². The van der Waals surface area contributed by atoms with Crippen molar-refractivity contribution >= 4 is 9.84 Å². The lowest BCUT2D eigenvalue weighted by Gasteiger charge is -2.06. The number of hydrogen-bond donors (Lipinski definition) is 1. The standard InChI is InChI=1S/C12H15N3O2S/c1-18(16,17)9-12(13)10-7-14-15(8-10)11-5-3-2-4-6-11/h2-8,12H,9,13H2,1H3. The van der Waals surface area contributed by atoms with Crippen LogP contribution in [0.3, 0.4) is 0 Å². The summed E-state index contributed by atoms with van der Waals surface area (Å²) in [5, 5.41) is 4.18. The van der Waals surface area contributed by atoms with E-state index in [0.29, 0.717) is 5.56 Å². The Morgan fingerprint density at radius 1 is 1.33 bits per heavy atom. The number of sulfone groups is 1. The first-order valence-corrected chi connectivity index (χ1v) is 7.55. The summed E-state index contributed by atoms with van der Waals surface area (Å²) < 4.78 is 24.0. The Hall–Kier alpha value is -1.66. The van der Waals surface area contributed by atoms with Gasteiger partial charge in [0.2, 0.25) is 0 Å². The second-order valence-electron chi connectivity index (χ2n) is 4.25. The Labute approximate surface area is 106 Å². The zero-order valence-electron chi connectivity index (χ0n) is 10.0. The van der Waals surface area contributed by atoms with Gasteiger partial charge in [0.15, 0.2) is 0 Å². The highest BCUT2D eigenvalue weighted by Gasteiger charge is 2.15. The maximum Gasteiger partial charge on any atom is 0.149 e. The van der Waals surface area contributed by atoms with Crippen molar-refractivity contribution in [3.05, 3.63) is 48.3 Å². The van der Waals surface area contributed by atoms with Crippen molar-refractivity contribution in [3.63, 3.8) is 0 Å². The van der Waals surface area contributed by atoms with Crippen LogP contribution in [0.2, 0.25) is 0 Å². The summed E-state index contributed by atoms with van der Waals surface area (Å²) in [7, 11) is -3.09. The van der Waals surface area contributed by atoms with Gasteiger partial charge >= 0.3 is 0 Å². The Bertz CT molecular complexity index is 620. The number of nitrogens with zero attached hydrogens (tertiary/aromatic N) is 2. The highest BCUT2D eigenvalue weighted by Crippen LogP contribution is 2.14. The lowest BCUT2D eigenvalue weighted by atomic mass is 10.2. The lowest BCUT2D eigenvalue weighted by molar-refractivity contribution is 0.595. The molecule has 0 spiro atoms. The average Bonchev–Trinajstić information content (AvgIpc) is 2.77. The molecule has 2 aromatic rings. The maximum atomic E-state index is 11.2. The molecule has 0 amide bonds. The van der Waals surface area contributed by atoms with E-state index in [9.17, 15) is 8.42 Å². The summed E-state index contributed by atoms with van der Waals surface area (Å²) in [6, 6.07) is 9.03. The van der Waals surface area contributed by atoms with Crippen molar-refractivity contribution in [3.8, 4) is 5.69 Å². The number of aromatic nitrogens is 2. The molecule has 96 valence electrons. The van der Waals surface area contributed by atoms with Gasteiger partial charge in [-0.25, -0.2) is 13.1 Å². The lowest BCUT2D eigenvalue weighted by Crippen LogP contribution is -2.20. The van der Waals surface area contributed by atoms with Crippen LogP contribution >= 0.6 is 0 Å². The minimum absolute atomic E-state index is 0.0759. The van der Waals surface area contributed by atoms with E-state index in [0.717, 1.165) is 5.69 Å². The van der Waals surface area contributed by atoms with Gasteiger partial charge in [0.1, 0.15) is 9.84 Å². The number of benzene rings is 1. The summed E-state index contributed by atoms with van der Waals surface area (Å²) >= 11 is 0. The van der Waals surface area contributed by atoms with Crippen LogP contribution in [0.15, 0.2) is 42.7 Å². The highest BCUT2D eigenvalue weighted by molar-refractivity contribution is 7.90. The quantitative estimate of drug-likeness (QED) is 0.891. The van der Waals surface area contributed by atoms with E-state index in [1.54, 1.807) is 17.1 Å². The molecule has 6 heteroatoms. The number of nitrogens with two attached hydrogens (primary N) is 1. The van der Waals surface area contributed by atoms with Gasteiger partial charge in [-0.15, -0.1) is 0 Å². The van der Waals surface area contributed by atoms with Crippen molar-refractivity contribution in [1.29, 1.82) is 0 Å². The van der Waals surface area contributed by atoms with Crippen molar-refractivity contribution in [1.82, 2.24) is 9.78 Å². The fourth-order valence-electron chi connectivity index (χ4n) is 1.67. The van der Waals surface area contributed by atoms with Gasteiger partial charge in [-0.1, -0.05) is 18.2 Å². The second-order valence-corrected chi connectivity index (χ2v) is 6.44. The van der Waals surface area contributed by atoms with E-state index < -0.39 is 15.9 Å². The van der Waals surface area contributed by atoms with E-state index in [4.69, 9.17) is 5.73 Å². The van der Waals surface area contributed by atoms with Gasteiger partial charge in [-0.2, -0.15) is 5.10 Å². The first-order chi connectivity index (χ1) is 8.46. The topological polar surface area (TPSA) is 78.0 Å². The van der Waals surface area contributed by atoms with Crippen LogP contribution < -0.4 is 5.73 Å². The number of rotatable bonds is 4. The van der Waals surface area contributed by atoms with Gasteiger partial charge in [-0.05, 0) is 12.1 Å². The molecule has 0 saturated carbocycles. The monoisotopic (exact) mass is 265 g/mol. The van der Waals surface area contributed by atoms with E-state index in [-0.39, 0.29) is 5.75 Å². The number of hydrogen-bond acceptors (Lipinski definition) is 4. The van der Waals surface area contributed by atoms with Gasteiger partial charge < -0.3 is 5.73 Å². The molecular formula is C12H15N3O2S. The third-order valence-electron chi connectivity index (χ3n) is 2.53. The average molecular weight is 265 g/mol. The second kappa shape index (κ2) is 4.91. The van der Waals surface area contributed by atoms with Crippen molar-refractivity contribution in [2.75, 3.05) is 12.0 Å². The Morgan fingerprint density at radius 3 is 2.61 bits per heavy atom. The molecule has 18 heavy (non-hydrogen) atoms. The number of para-hydroxylation sites is 1. The molecule has 0 aliphatic rings. The van der Waals surface area contributed by atoms with Crippen LogP contribution in [-0.4, -0.2) is 30.2 Å². The molecule has 0 radical (unpaired) electrons. The molecule has 0 bridgehead atoms. The van der Waals surface area contributed by atoms with Crippen LogP contribution in [0.1, 0.15) is 11.6 Å². The molecule has 0 aliphatic heterocycles. The Kier molecular flexibility index (Phi) is 3.49. The van der Waals surface area contributed by atoms with Crippen LogP contribution in [0.4, 0.5) is 0 Å². The fourth-order valence-corrected chi connectivity index (χ4v) is 2.52. The molecule has 2 N–H and O–H groups in total. The fraction of sp³-hybridized carbons (Fsp3) is 0.250. The summed E-state index contributed by atoms with van der Waals surface area (Å²) in [5.41, 5.74) is 7.46. The molecule has 1 aromatic carbocycles. The Morgan fingerprint density at radius 2 is 2.00 bits per heavy atom. The van der Waals surface area contributed by atoms with Crippen molar-refractivity contribution in [2.45, 2.75) is 6.04 Å². The molecule has 1 aromatic heterocycles.